The Kier molecular flexibility index (Phi) is 3.99. The summed E-state index contributed by atoms with van der Waals surface area (Å²) in [6.07, 6.45) is 1.89. The van der Waals surface area contributed by atoms with Crippen molar-refractivity contribution in [3.8, 4) is 0 Å². The van der Waals surface area contributed by atoms with Crippen LogP contribution in [0, 0.1) is 13.8 Å². The first-order valence-corrected chi connectivity index (χ1v) is 6.47. The third kappa shape index (κ3) is 3.51. The average molecular weight is 277 g/mol. The SMILES string of the molecule is Cc1cc(C(=O)NC[C@](C)(O)Cc2ccco2)c(C)o1. The van der Waals surface area contributed by atoms with Gasteiger partial charge < -0.3 is 19.3 Å². The van der Waals surface area contributed by atoms with Crippen LogP contribution in [0.25, 0.3) is 0 Å². The Hall–Kier alpha value is -2.01. The molecule has 5 heteroatoms. The van der Waals surface area contributed by atoms with Gasteiger partial charge in [0.15, 0.2) is 0 Å². The summed E-state index contributed by atoms with van der Waals surface area (Å²) < 4.78 is 10.5. The fourth-order valence-corrected chi connectivity index (χ4v) is 2.07. The van der Waals surface area contributed by atoms with Gasteiger partial charge in [0.2, 0.25) is 0 Å². The number of carbonyl (C=O) groups excluding carboxylic acids is 1. The molecule has 0 unspecified atom stereocenters. The number of aryl methyl sites for hydroxylation is 2. The lowest BCUT2D eigenvalue weighted by molar-refractivity contribution is 0.0509. The van der Waals surface area contributed by atoms with Gasteiger partial charge >= 0.3 is 0 Å². The molecule has 108 valence electrons. The Bertz CT molecular complexity index is 581. The van der Waals surface area contributed by atoms with Gasteiger partial charge in [-0.3, -0.25) is 4.79 Å². The minimum atomic E-state index is -1.07. The number of aliphatic hydroxyl groups is 1. The van der Waals surface area contributed by atoms with E-state index in [0.717, 1.165) is 0 Å². The quantitative estimate of drug-likeness (QED) is 0.878. The van der Waals surface area contributed by atoms with Gasteiger partial charge in [-0.2, -0.15) is 0 Å². The van der Waals surface area contributed by atoms with Gasteiger partial charge in [-0.1, -0.05) is 0 Å². The second kappa shape index (κ2) is 5.54. The number of furan rings is 2. The minimum absolute atomic E-state index is 0.135. The zero-order valence-corrected chi connectivity index (χ0v) is 11.9. The van der Waals surface area contributed by atoms with Crippen molar-refractivity contribution in [3.05, 3.63) is 47.3 Å². The van der Waals surface area contributed by atoms with E-state index in [9.17, 15) is 9.90 Å². The lowest BCUT2D eigenvalue weighted by Crippen LogP contribution is -2.42. The first kappa shape index (κ1) is 14.4. The second-order valence-electron chi connectivity index (χ2n) is 5.26. The van der Waals surface area contributed by atoms with E-state index < -0.39 is 5.60 Å². The van der Waals surface area contributed by atoms with Crippen molar-refractivity contribution >= 4 is 5.91 Å². The van der Waals surface area contributed by atoms with E-state index in [2.05, 4.69) is 5.32 Å². The molecule has 0 bridgehead atoms. The van der Waals surface area contributed by atoms with Crippen LogP contribution >= 0.6 is 0 Å². The van der Waals surface area contributed by atoms with E-state index in [1.807, 2.05) is 0 Å². The minimum Gasteiger partial charge on any atom is -0.469 e. The van der Waals surface area contributed by atoms with Gasteiger partial charge in [-0.15, -0.1) is 0 Å². The Morgan fingerprint density at radius 2 is 2.20 bits per heavy atom. The smallest absolute Gasteiger partial charge is 0.254 e. The largest absolute Gasteiger partial charge is 0.469 e. The van der Waals surface area contributed by atoms with Crippen LogP contribution in [-0.2, 0) is 6.42 Å². The van der Waals surface area contributed by atoms with Crippen molar-refractivity contribution in [2.75, 3.05) is 6.54 Å². The molecule has 2 aromatic rings. The molecular formula is C15H19NO4. The standard InChI is InChI=1S/C15H19NO4/c1-10-7-13(11(2)20-10)14(17)16-9-15(3,18)8-12-5-4-6-19-12/h4-7,18H,8-9H2,1-3H3,(H,16,17)/t15-/m1/s1. The first-order valence-electron chi connectivity index (χ1n) is 6.47. The molecule has 2 N–H and O–H groups in total. The van der Waals surface area contributed by atoms with E-state index in [1.54, 1.807) is 45.2 Å². The van der Waals surface area contributed by atoms with Crippen molar-refractivity contribution in [3.63, 3.8) is 0 Å². The van der Waals surface area contributed by atoms with Crippen molar-refractivity contribution < 1.29 is 18.7 Å². The van der Waals surface area contributed by atoms with Gasteiger partial charge in [0.1, 0.15) is 17.3 Å². The third-order valence-electron chi connectivity index (χ3n) is 3.05. The molecule has 0 radical (unpaired) electrons. The molecular weight excluding hydrogens is 258 g/mol. The molecule has 20 heavy (non-hydrogen) atoms. The van der Waals surface area contributed by atoms with Crippen molar-refractivity contribution in [2.24, 2.45) is 0 Å². The number of hydrogen-bond donors (Lipinski definition) is 2. The van der Waals surface area contributed by atoms with E-state index >= 15 is 0 Å². The Balaban J connectivity index is 1.94. The van der Waals surface area contributed by atoms with Crippen LogP contribution in [0.2, 0.25) is 0 Å². The molecule has 0 aliphatic heterocycles. The highest BCUT2D eigenvalue weighted by Gasteiger charge is 2.24. The summed E-state index contributed by atoms with van der Waals surface area (Å²) in [7, 11) is 0. The van der Waals surface area contributed by atoms with Crippen molar-refractivity contribution in [2.45, 2.75) is 32.8 Å². The summed E-state index contributed by atoms with van der Waals surface area (Å²) in [4.78, 5) is 12.0. The van der Waals surface area contributed by atoms with Crippen molar-refractivity contribution in [1.29, 1.82) is 0 Å². The predicted molar refractivity (Wildman–Crippen MR) is 73.6 cm³/mol. The summed E-state index contributed by atoms with van der Waals surface area (Å²) >= 11 is 0. The number of hydrogen-bond acceptors (Lipinski definition) is 4. The molecule has 2 rings (SSSR count). The fourth-order valence-electron chi connectivity index (χ4n) is 2.07. The molecule has 0 aliphatic carbocycles. The van der Waals surface area contributed by atoms with Crippen LogP contribution in [0.15, 0.2) is 33.3 Å². The zero-order chi connectivity index (χ0) is 14.8. The molecule has 0 spiro atoms. The maximum atomic E-state index is 12.0. The summed E-state index contributed by atoms with van der Waals surface area (Å²) in [5.74, 6) is 1.69. The lowest BCUT2D eigenvalue weighted by Gasteiger charge is -2.22. The number of amides is 1. The lowest BCUT2D eigenvalue weighted by atomic mass is 10.0. The molecule has 2 heterocycles. The van der Waals surface area contributed by atoms with Crippen LogP contribution in [0.3, 0.4) is 0 Å². The highest BCUT2D eigenvalue weighted by molar-refractivity contribution is 5.95. The average Bonchev–Trinajstić information content (AvgIpc) is 2.95. The molecule has 5 nitrogen and oxygen atoms in total. The molecule has 0 aliphatic rings. The molecule has 0 aromatic carbocycles. The van der Waals surface area contributed by atoms with Crippen LogP contribution in [0.5, 0.6) is 0 Å². The maximum Gasteiger partial charge on any atom is 0.254 e. The number of rotatable bonds is 5. The molecule has 0 saturated heterocycles. The summed E-state index contributed by atoms with van der Waals surface area (Å²) in [5.41, 5.74) is -0.573. The highest BCUT2D eigenvalue weighted by atomic mass is 16.3. The zero-order valence-electron chi connectivity index (χ0n) is 11.9. The molecule has 0 fully saturated rings. The van der Waals surface area contributed by atoms with Crippen LogP contribution in [0.4, 0.5) is 0 Å². The third-order valence-corrected chi connectivity index (χ3v) is 3.05. The Morgan fingerprint density at radius 3 is 2.75 bits per heavy atom. The summed E-state index contributed by atoms with van der Waals surface area (Å²) in [6, 6.07) is 5.24. The number of carbonyl (C=O) groups is 1. The topological polar surface area (TPSA) is 75.6 Å². The Morgan fingerprint density at radius 1 is 1.45 bits per heavy atom. The van der Waals surface area contributed by atoms with Crippen LogP contribution < -0.4 is 5.32 Å². The molecule has 1 amide bonds. The van der Waals surface area contributed by atoms with Gasteiger partial charge in [0.25, 0.3) is 5.91 Å². The maximum absolute atomic E-state index is 12.0. The van der Waals surface area contributed by atoms with Gasteiger partial charge in [-0.25, -0.2) is 0 Å². The monoisotopic (exact) mass is 277 g/mol. The van der Waals surface area contributed by atoms with E-state index in [4.69, 9.17) is 8.83 Å². The van der Waals surface area contributed by atoms with Crippen LogP contribution in [0.1, 0.15) is 34.6 Å². The second-order valence-corrected chi connectivity index (χ2v) is 5.26. The number of nitrogens with one attached hydrogen (secondary N) is 1. The van der Waals surface area contributed by atoms with E-state index in [1.165, 1.54) is 0 Å². The highest BCUT2D eigenvalue weighted by Crippen LogP contribution is 2.15. The van der Waals surface area contributed by atoms with Crippen LogP contribution in [-0.4, -0.2) is 23.2 Å². The molecule has 1 atom stereocenters. The summed E-state index contributed by atoms with van der Waals surface area (Å²) in [6.45, 7) is 5.32. The van der Waals surface area contributed by atoms with E-state index in [-0.39, 0.29) is 12.5 Å². The molecule has 2 aromatic heterocycles. The summed E-state index contributed by atoms with van der Waals surface area (Å²) in [5, 5.41) is 13.0. The predicted octanol–water partition coefficient (Wildman–Crippen LogP) is 2.21. The normalized spacial score (nSPS) is 14.0. The van der Waals surface area contributed by atoms with Gasteiger partial charge in [0.05, 0.1) is 17.4 Å². The van der Waals surface area contributed by atoms with Gasteiger partial charge in [0, 0.05) is 13.0 Å². The fraction of sp³-hybridized carbons (Fsp3) is 0.400. The van der Waals surface area contributed by atoms with Gasteiger partial charge in [-0.05, 0) is 39.0 Å². The van der Waals surface area contributed by atoms with E-state index in [0.29, 0.717) is 29.3 Å². The Labute approximate surface area is 117 Å². The van der Waals surface area contributed by atoms with Crippen molar-refractivity contribution in [1.82, 2.24) is 5.32 Å². The first-order chi connectivity index (χ1) is 9.37. The molecule has 0 saturated carbocycles.